The van der Waals surface area contributed by atoms with E-state index in [9.17, 15) is 19.5 Å². The fourth-order valence-electron chi connectivity index (χ4n) is 7.05. The van der Waals surface area contributed by atoms with Crippen LogP contribution < -0.4 is 0 Å². The highest BCUT2D eigenvalue weighted by Gasteiger charge is 2.79. The van der Waals surface area contributed by atoms with Gasteiger partial charge in [0.1, 0.15) is 17.6 Å². The Bertz CT molecular complexity index is 848. The van der Waals surface area contributed by atoms with E-state index in [4.69, 9.17) is 9.47 Å². The van der Waals surface area contributed by atoms with Crippen LogP contribution >= 0.6 is 0 Å². The Morgan fingerprint density at radius 2 is 1.97 bits per heavy atom. The predicted octanol–water partition coefficient (Wildman–Crippen LogP) is 3.31. The maximum absolute atomic E-state index is 14.5. The van der Waals surface area contributed by atoms with E-state index >= 15 is 0 Å². The number of likely N-dealkylation sites (tertiary alicyclic amines) is 1. The molecular weight excluding hydrogens is 460 g/mol. The first-order valence-corrected chi connectivity index (χ1v) is 13.9. The van der Waals surface area contributed by atoms with Crippen LogP contribution in [0.5, 0.6) is 0 Å². The summed E-state index contributed by atoms with van der Waals surface area (Å²) in [7, 11) is 0. The molecule has 3 saturated heterocycles. The second kappa shape index (κ2) is 11.2. The van der Waals surface area contributed by atoms with Crippen LogP contribution in [0.4, 0.5) is 0 Å². The van der Waals surface area contributed by atoms with Gasteiger partial charge in [0, 0.05) is 12.6 Å². The molecule has 3 rings (SSSR count). The van der Waals surface area contributed by atoms with Crippen molar-refractivity contribution in [1.29, 1.82) is 0 Å². The van der Waals surface area contributed by atoms with Gasteiger partial charge in [0.05, 0.1) is 30.8 Å². The van der Waals surface area contributed by atoms with Gasteiger partial charge in [-0.3, -0.25) is 14.4 Å². The topological polar surface area (TPSA) is 96.4 Å². The molecule has 2 bridgehead atoms. The van der Waals surface area contributed by atoms with E-state index in [0.29, 0.717) is 25.8 Å². The molecule has 0 radical (unpaired) electrons. The van der Waals surface area contributed by atoms with Gasteiger partial charge in [0.2, 0.25) is 11.8 Å². The number of fused-ring (bicyclic) bond motifs is 1. The molecule has 0 saturated carbocycles. The van der Waals surface area contributed by atoms with E-state index in [1.165, 1.54) is 0 Å². The number of ether oxygens (including phenoxy) is 2. The highest BCUT2D eigenvalue weighted by molar-refractivity contribution is 5.99. The second-order valence-corrected chi connectivity index (χ2v) is 10.9. The standard InChI is InChI=1S/C28H46N2O6/c1-8-13-19(7)29(16-9-2)25(33)23-28-15-14-27(11-4,36-28)22(26(34)35-12-5)21(28)24(32)30(23)20(17-31)18(6)10-3/h9,18-23,31H,2,8,10-17H2,1,3-7H3/t18-,19?,20-,21-,22+,23?,27-,28?/m0/s1. The summed E-state index contributed by atoms with van der Waals surface area (Å²) in [6.07, 6.45) is 5.83. The smallest absolute Gasteiger partial charge is 0.312 e. The van der Waals surface area contributed by atoms with Gasteiger partial charge in [-0.05, 0) is 45.4 Å². The van der Waals surface area contributed by atoms with Crippen LogP contribution in [-0.2, 0) is 23.9 Å². The summed E-state index contributed by atoms with van der Waals surface area (Å²) in [6.45, 7) is 16.0. The summed E-state index contributed by atoms with van der Waals surface area (Å²) in [5.74, 6) is -2.50. The zero-order valence-electron chi connectivity index (χ0n) is 23.0. The summed E-state index contributed by atoms with van der Waals surface area (Å²) in [5.41, 5.74) is -1.94. The SMILES string of the molecule is C=CCN(C(=O)C1N([C@@H](CO)[C@@H](C)CC)C(=O)[C@@H]2[C@H](C(=O)OCC)[C@]3(CC)CCC12O3)C(C)CCC. The van der Waals surface area contributed by atoms with Crippen LogP contribution in [0.2, 0.25) is 0 Å². The molecule has 1 N–H and O–H groups in total. The second-order valence-electron chi connectivity index (χ2n) is 10.9. The Kier molecular flexibility index (Phi) is 8.92. The number of nitrogens with zero attached hydrogens (tertiary/aromatic N) is 2. The number of carbonyl (C=O) groups excluding carboxylic acids is 3. The van der Waals surface area contributed by atoms with Gasteiger partial charge in [-0.25, -0.2) is 0 Å². The molecule has 0 aliphatic carbocycles. The van der Waals surface area contributed by atoms with Crippen LogP contribution in [-0.4, -0.2) is 81.8 Å². The Morgan fingerprint density at radius 1 is 1.28 bits per heavy atom. The van der Waals surface area contributed by atoms with E-state index in [0.717, 1.165) is 19.3 Å². The highest BCUT2D eigenvalue weighted by Crippen LogP contribution is 2.65. The summed E-state index contributed by atoms with van der Waals surface area (Å²) in [4.78, 5) is 45.4. The largest absolute Gasteiger partial charge is 0.466 e. The quantitative estimate of drug-likeness (QED) is 0.304. The van der Waals surface area contributed by atoms with Crippen LogP contribution in [0.3, 0.4) is 0 Å². The summed E-state index contributed by atoms with van der Waals surface area (Å²) < 4.78 is 12.2. The lowest BCUT2D eigenvalue weighted by molar-refractivity contribution is -0.164. The summed E-state index contributed by atoms with van der Waals surface area (Å²) in [5, 5.41) is 10.5. The van der Waals surface area contributed by atoms with Gasteiger partial charge >= 0.3 is 5.97 Å². The molecule has 8 atom stereocenters. The van der Waals surface area contributed by atoms with Crippen LogP contribution in [0.1, 0.15) is 80.1 Å². The number of hydrogen-bond acceptors (Lipinski definition) is 6. The van der Waals surface area contributed by atoms with Gasteiger partial charge in [-0.15, -0.1) is 6.58 Å². The van der Waals surface area contributed by atoms with Crippen molar-refractivity contribution < 1.29 is 29.0 Å². The maximum Gasteiger partial charge on any atom is 0.312 e. The van der Waals surface area contributed by atoms with Crippen molar-refractivity contribution in [3.05, 3.63) is 12.7 Å². The maximum atomic E-state index is 14.5. The first-order valence-electron chi connectivity index (χ1n) is 13.9. The Balaban J connectivity index is 2.18. The Labute approximate surface area is 216 Å². The fraction of sp³-hybridized carbons (Fsp3) is 0.821. The lowest BCUT2D eigenvalue weighted by atomic mass is 9.65. The Hall–Kier alpha value is -1.93. The first-order chi connectivity index (χ1) is 17.1. The minimum atomic E-state index is -1.12. The van der Waals surface area contributed by atoms with Crippen LogP contribution in [0.25, 0.3) is 0 Å². The predicted molar refractivity (Wildman–Crippen MR) is 137 cm³/mol. The molecule has 2 amide bonds. The number of aliphatic hydroxyl groups excluding tert-OH is 1. The minimum absolute atomic E-state index is 0.0382. The molecule has 3 heterocycles. The highest BCUT2D eigenvalue weighted by atomic mass is 16.6. The Morgan fingerprint density at radius 3 is 2.50 bits per heavy atom. The third-order valence-electron chi connectivity index (χ3n) is 9.09. The van der Waals surface area contributed by atoms with Crippen LogP contribution in [0, 0.1) is 17.8 Å². The van der Waals surface area contributed by atoms with Crippen molar-refractivity contribution in [3.63, 3.8) is 0 Å². The summed E-state index contributed by atoms with van der Waals surface area (Å²) >= 11 is 0. The zero-order valence-corrected chi connectivity index (χ0v) is 23.0. The van der Waals surface area contributed by atoms with E-state index in [1.807, 2.05) is 27.7 Å². The molecule has 3 aliphatic heterocycles. The van der Waals surface area contributed by atoms with Crippen molar-refractivity contribution in [2.45, 2.75) is 109 Å². The lowest BCUT2D eigenvalue weighted by Gasteiger charge is -2.42. The average molecular weight is 507 g/mol. The summed E-state index contributed by atoms with van der Waals surface area (Å²) in [6, 6.07) is -1.51. The molecule has 8 nitrogen and oxygen atoms in total. The third kappa shape index (κ3) is 4.28. The zero-order chi connectivity index (χ0) is 26.8. The number of rotatable bonds is 13. The van der Waals surface area contributed by atoms with Crippen molar-refractivity contribution in [1.82, 2.24) is 9.80 Å². The number of aliphatic hydroxyl groups is 1. The molecule has 3 unspecified atom stereocenters. The van der Waals surface area contributed by atoms with Crippen molar-refractivity contribution in [3.8, 4) is 0 Å². The van der Waals surface area contributed by atoms with E-state index in [-0.39, 0.29) is 37.0 Å². The van der Waals surface area contributed by atoms with Crippen molar-refractivity contribution in [2.24, 2.45) is 17.8 Å². The molecule has 3 aliphatic rings. The number of esters is 1. The molecule has 0 aromatic heterocycles. The lowest BCUT2D eigenvalue weighted by Crippen LogP contribution is -2.61. The average Bonchev–Trinajstić information content (AvgIpc) is 3.46. The van der Waals surface area contributed by atoms with Crippen molar-refractivity contribution >= 4 is 17.8 Å². The number of hydrogen-bond donors (Lipinski definition) is 1. The monoisotopic (exact) mass is 506 g/mol. The van der Waals surface area contributed by atoms with Gasteiger partial charge < -0.3 is 24.4 Å². The molecule has 1 spiro atoms. The van der Waals surface area contributed by atoms with Gasteiger partial charge in [-0.1, -0.05) is 46.6 Å². The van der Waals surface area contributed by atoms with E-state index < -0.39 is 41.1 Å². The molecule has 0 aromatic rings. The number of amides is 2. The molecular formula is C28H46N2O6. The molecule has 3 fully saturated rings. The van der Waals surface area contributed by atoms with Gasteiger partial charge in [0.25, 0.3) is 0 Å². The van der Waals surface area contributed by atoms with E-state index in [1.54, 1.807) is 22.8 Å². The normalized spacial score (nSPS) is 33.2. The molecule has 8 heteroatoms. The van der Waals surface area contributed by atoms with Gasteiger partial charge in [0.15, 0.2) is 0 Å². The minimum Gasteiger partial charge on any atom is -0.466 e. The van der Waals surface area contributed by atoms with Crippen LogP contribution in [0.15, 0.2) is 12.7 Å². The number of carbonyl (C=O) groups is 3. The third-order valence-corrected chi connectivity index (χ3v) is 9.09. The van der Waals surface area contributed by atoms with Gasteiger partial charge in [-0.2, -0.15) is 0 Å². The fourth-order valence-corrected chi connectivity index (χ4v) is 7.05. The molecule has 0 aromatic carbocycles. The van der Waals surface area contributed by atoms with E-state index in [2.05, 4.69) is 13.5 Å². The first kappa shape index (κ1) is 28.6. The molecule has 36 heavy (non-hydrogen) atoms. The molecule has 204 valence electrons. The van der Waals surface area contributed by atoms with Crippen molar-refractivity contribution in [2.75, 3.05) is 19.8 Å².